The van der Waals surface area contributed by atoms with Crippen molar-refractivity contribution in [2.45, 2.75) is 32.2 Å². The summed E-state index contributed by atoms with van der Waals surface area (Å²) in [5, 5.41) is 11.5. The molecule has 0 spiro atoms. The number of nitriles is 1. The van der Waals surface area contributed by atoms with Gasteiger partial charge in [-0.05, 0) is 37.6 Å². The SMILES string of the molecule is CC[C@H](NCCCC#N)c1cc(F)ccc1F. The first-order valence-corrected chi connectivity index (χ1v) is 5.74. The summed E-state index contributed by atoms with van der Waals surface area (Å²) in [6.07, 6.45) is 1.85. The van der Waals surface area contributed by atoms with Crippen molar-refractivity contribution in [3.05, 3.63) is 35.4 Å². The molecule has 0 saturated carbocycles. The molecule has 2 nitrogen and oxygen atoms in total. The minimum Gasteiger partial charge on any atom is -0.310 e. The van der Waals surface area contributed by atoms with Crippen LogP contribution in [0.1, 0.15) is 37.8 Å². The number of nitrogens with one attached hydrogen (secondary N) is 1. The number of rotatable bonds is 6. The van der Waals surface area contributed by atoms with Crippen molar-refractivity contribution in [3.63, 3.8) is 0 Å². The Bertz CT molecular complexity index is 399. The van der Waals surface area contributed by atoms with E-state index in [2.05, 4.69) is 5.32 Å². The Balaban J connectivity index is 2.66. The van der Waals surface area contributed by atoms with E-state index < -0.39 is 11.6 Å². The van der Waals surface area contributed by atoms with Crippen LogP contribution in [0.15, 0.2) is 18.2 Å². The summed E-state index contributed by atoms with van der Waals surface area (Å²) in [7, 11) is 0. The number of hydrogen-bond donors (Lipinski definition) is 1. The highest BCUT2D eigenvalue weighted by atomic mass is 19.1. The lowest BCUT2D eigenvalue weighted by Gasteiger charge is -2.17. The van der Waals surface area contributed by atoms with Gasteiger partial charge in [0.05, 0.1) is 6.07 Å². The lowest BCUT2D eigenvalue weighted by Crippen LogP contribution is -2.23. The summed E-state index contributed by atoms with van der Waals surface area (Å²) in [6.45, 7) is 2.54. The number of benzene rings is 1. The lowest BCUT2D eigenvalue weighted by atomic mass is 10.0. The zero-order valence-electron chi connectivity index (χ0n) is 9.84. The molecule has 1 rings (SSSR count). The summed E-state index contributed by atoms with van der Waals surface area (Å²) in [5.41, 5.74) is 0.351. The van der Waals surface area contributed by atoms with Crippen molar-refractivity contribution in [2.75, 3.05) is 6.54 Å². The van der Waals surface area contributed by atoms with Crippen LogP contribution in [0.25, 0.3) is 0 Å². The fraction of sp³-hybridized carbons (Fsp3) is 0.462. The van der Waals surface area contributed by atoms with Crippen LogP contribution in [0.4, 0.5) is 8.78 Å². The van der Waals surface area contributed by atoms with Gasteiger partial charge in [0.15, 0.2) is 0 Å². The van der Waals surface area contributed by atoms with Crippen LogP contribution in [0.5, 0.6) is 0 Å². The van der Waals surface area contributed by atoms with Crippen molar-refractivity contribution in [3.8, 4) is 6.07 Å². The van der Waals surface area contributed by atoms with Crippen molar-refractivity contribution in [2.24, 2.45) is 0 Å². The minimum atomic E-state index is -0.432. The van der Waals surface area contributed by atoms with E-state index in [0.29, 0.717) is 31.4 Å². The molecule has 0 aliphatic heterocycles. The summed E-state index contributed by atoms with van der Waals surface area (Å²) in [5.74, 6) is -0.829. The molecule has 0 fully saturated rings. The highest BCUT2D eigenvalue weighted by Gasteiger charge is 2.13. The van der Waals surface area contributed by atoms with E-state index in [-0.39, 0.29) is 6.04 Å². The van der Waals surface area contributed by atoms with Gasteiger partial charge in [0.1, 0.15) is 11.6 Å². The summed E-state index contributed by atoms with van der Waals surface area (Å²) in [6, 6.07) is 5.32. The third-order valence-corrected chi connectivity index (χ3v) is 2.60. The number of unbranched alkanes of at least 4 members (excludes halogenated alkanes) is 1. The molecule has 0 amide bonds. The second-order valence-corrected chi connectivity index (χ2v) is 3.84. The molecule has 0 saturated heterocycles. The smallest absolute Gasteiger partial charge is 0.128 e. The molecule has 0 aliphatic rings. The maximum atomic E-state index is 13.5. The normalized spacial score (nSPS) is 12.1. The van der Waals surface area contributed by atoms with Gasteiger partial charge >= 0.3 is 0 Å². The molecule has 1 atom stereocenters. The Morgan fingerprint density at radius 1 is 1.41 bits per heavy atom. The molecule has 0 aliphatic carbocycles. The third-order valence-electron chi connectivity index (χ3n) is 2.60. The van der Waals surface area contributed by atoms with Crippen LogP contribution in [0, 0.1) is 23.0 Å². The largest absolute Gasteiger partial charge is 0.310 e. The predicted octanol–water partition coefficient (Wildman–Crippen LogP) is 3.31. The summed E-state index contributed by atoms with van der Waals surface area (Å²) < 4.78 is 26.6. The van der Waals surface area contributed by atoms with Gasteiger partial charge < -0.3 is 5.32 Å². The van der Waals surface area contributed by atoms with E-state index in [1.54, 1.807) is 0 Å². The average molecular weight is 238 g/mol. The van der Waals surface area contributed by atoms with Crippen LogP contribution >= 0.6 is 0 Å². The molecule has 0 radical (unpaired) electrons. The first kappa shape index (κ1) is 13.6. The third kappa shape index (κ3) is 4.12. The zero-order chi connectivity index (χ0) is 12.7. The molecule has 0 aromatic heterocycles. The van der Waals surface area contributed by atoms with Gasteiger partial charge in [0.25, 0.3) is 0 Å². The summed E-state index contributed by atoms with van der Waals surface area (Å²) in [4.78, 5) is 0. The van der Waals surface area contributed by atoms with Crippen LogP contribution in [-0.4, -0.2) is 6.54 Å². The van der Waals surface area contributed by atoms with E-state index in [1.807, 2.05) is 13.0 Å². The molecule has 0 unspecified atom stereocenters. The molecule has 17 heavy (non-hydrogen) atoms. The fourth-order valence-corrected chi connectivity index (χ4v) is 1.70. The van der Waals surface area contributed by atoms with Crippen molar-refractivity contribution in [1.29, 1.82) is 5.26 Å². The van der Waals surface area contributed by atoms with E-state index in [0.717, 1.165) is 12.1 Å². The molecule has 1 aromatic rings. The second-order valence-electron chi connectivity index (χ2n) is 3.84. The average Bonchev–Trinajstić information content (AvgIpc) is 2.33. The molecular weight excluding hydrogens is 222 g/mol. The van der Waals surface area contributed by atoms with Gasteiger partial charge in [-0.1, -0.05) is 6.92 Å². The van der Waals surface area contributed by atoms with Gasteiger partial charge in [0.2, 0.25) is 0 Å². The Kier molecular flexibility index (Phi) is 5.58. The lowest BCUT2D eigenvalue weighted by molar-refractivity contribution is 0.479. The second kappa shape index (κ2) is 6.97. The highest BCUT2D eigenvalue weighted by molar-refractivity contribution is 5.22. The first-order valence-electron chi connectivity index (χ1n) is 5.74. The number of halogens is 2. The van der Waals surface area contributed by atoms with E-state index in [9.17, 15) is 8.78 Å². The molecule has 92 valence electrons. The molecular formula is C13H16F2N2. The summed E-state index contributed by atoms with van der Waals surface area (Å²) >= 11 is 0. The monoisotopic (exact) mass is 238 g/mol. The highest BCUT2D eigenvalue weighted by Crippen LogP contribution is 2.21. The zero-order valence-corrected chi connectivity index (χ0v) is 9.84. The fourth-order valence-electron chi connectivity index (χ4n) is 1.70. The Labute approximate surface area is 100 Å². The minimum absolute atomic E-state index is 0.204. The first-order chi connectivity index (χ1) is 8.19. The van der Waals surface area contributed by atoms with Crippen molar-refractivity contribution in [1.82, 2.24) is 5.32 Å². The van der Waals surface area contributed by atoms with E-state index >= 15 is 0 Å². The van der Waals surface area contributed by atoms with Gasteiger partial charge in [-0.15, -0.1) is 0 Å². The van der Waals surface area contributed by atoms with Gasteiger partial charge in [0, 0.05) is 18.0 Å². The van der Waals surface area contributed by atoms with Crippen LogP contribution in [-0.2, 0) is 0 Å². The maximum absolute atomic E-state index is 13.5. The van der Waals surface area contributed by atoms with E-state index in [1.165, 1.54) is 6.07 Å². The van der Waals surface area contributed by atoms with E-state index in [4.69, 9.17) is 5.26 Å². The molecule has 1 aromatic carbocycles. The van der Waals surface area contributed by atoms with Crippen LogP contribution < -0.4 is 5.32 Å². The van der Waals surface area contributed by atoms with Crippen molar-refractivity contribution < 1.29 is 8.78 Å². The predicted molar refractivity (Wildman–Crippen MR) is 62.2 cm³/mol. The molecule has 0 bridgehead atoms. The molecule has 0 heterocycles. The van der Waals surface area contributed by atoms with Crippen LogP contribution in [0.3, 0.4) is 0 Å². The Hall–Kier alpha value is -1.47. The topological polar surface area (TPSA) is 35.8 Å². The van der Waals surface area contributed by atoms with Gasteiger partial charge in [-0.25, -0.2) is 8.78 Å². The standard InChI is InChI=1S/C13H16F2N2/c1-2-13(17-8-4-3-7-16)11-9-10(14)5-6-12(11)15/h5-6,9,13,17H,2-4,8H2,1H3/t13-/m0/s1. The maximum Gasteiger partial charge on any atom is 0.128 e. The Morgan fingerprint density at radius 2 is 2.18 bits per heavy atom. The number of nitrogens with zero attached hydrogens (tertiary/aromatic N) is 1. The van der Waals surface area contributed by atoms with Gasteiger partial charge in [-0.3, -0.25) is 0 Å². The molecule has 4 heteroatoms. The van der Waals surface area contributed by atoms with Crippen LogP contribution in [0.2, 0.25) is 0 Å². The number of hydrogen-bond acceptors (Lipinski definition) is 2. The van der Waals surface area contributed by atoms with Crippen molar-refractivity contribution >= 4 is 0 Å². The molecule has 1 N–H and O–H groups in total. The van der Waals surface area contributed by atoms with Gasteiger partial charge in [-0.2, -0.15) is 5.26 Å². The Morgan fingerprint density at radius 3 is 2.82 bits per heavy atom. The quantitative estimate of drug-likeness (QED) is 0.772.